The molecule has 0 unspecified atom stereocenters. The van der Waals surface area contributed by atoms with E-state index in [0.717, 1.165) is 18.8 Å². The van der Waals surface area contributed by atoms with E-state index in [2.05, 4.69) is 34.6 Å². The van der Waals surface area contributed by atoms with Gasteiger partial charge in [0.05, 0.1) is 0 Å². The highest BCUT2D eigenvalue weighted by atomic mass is 16.5. The van der Waals surface area contributed by atoms with Crippen LogP contribution in [0.25, 0.3) is 0 Å². The van der Waals surface area contributed by atoms with Crippen LogP contribution in [-0.4, -0.2) is 18.1 Å². The van der Waals surface area contributed by atoms with Crippen LogP contribution in [0.4, 0.5) is 0 Å². The van der Waals surface area contributed by atoms with E-state index in [1.807, 2.05) is 12.3 Å². The topological polar surface area (TPSA) is 34.2 Å². The number of aromatic nitrogens is 1. The van der Waals surface area contributed by atoms with Gasteiger partial charge in [-0.05, 0) is 60.6 Å². The van der Waals surface area contributed by atoms with Gasteiger partial charge in [0.2, 0.25) is 0 Å². The van der Waals surface area contributed by atoms with Gasteiger partial charge in [0.1, 0.15) is 12.4 Å². The first-order valence-corrected chi connectivity index (χ1v) is 7.76. The molecule has 0 spiro atoms. The Kier molecular flexibility index (Phi) is 4.85. The first-order valence-electron chi connectivity index (χ1n) is 7.76. The van der Waals surface area contributed by atoms with Gasteiger partial charge < -0.3 is 10.1 Å². The monoisotopic (exact) mass is 282 g/mol. The zero-order chi connectivity index (χ0) is 14.3. The lowest BCUT2D eigenvalue weighted by Crippen LogP contribution is -2.20. The molecule has 1 aliphatic rings. The van der Waals surface area contributed by atoms with Gasteiger partial charge in [-0.2, -0.15) is 0 Å². The van der Waals surface area contributed by atoms with Gasteiger partial charge in [-0.25, -0.2) is 0 Å². The largest absolute Gasteiger partial charge is 0.492 e. The van der Waals surface area contributed by atoms with Crippen molar-refractivity contribution in [2.24, 2.45) is 0 Å². The molecule has 0 saturated carbocycles. The van der Waals surface area contributed by atoms with E-state index in [1.165, 1.54) is 42.4 Å². The highest BCUT2D eigenvalue weighted by molar-refractivity contribution is 5.37. The predicted molar refractivity (Wildman–Crippen MR) is 84.5 cm³/mol. The molecule has 1 aliphatic carbocycles. The molecule has 3 nitrogen and oxygen atoms in total. The highest BCUT2D eigenvalue weighted by Crippen LogP contribution is 2.25. The van der Waals surface area contributed by atoms with Crippen molar-refractivity contribution in [3.05, 3.63) is 59.4 Å². The third-order valence-electron chi connectivity index (χ3n) is 3.92. The van der Waals surface area contributed by atoms with E-state index >= 15 is 0 Å². The Morgan fingerprint density at radius 2 is 2.00 bits per heavy atom. The number of nitrogens with one attached hydrogen (secondary N) is 1. The van der Waals surface area contributed by atoms with Crippen LogP contribution in [0.1, 0.15) is 29.5 Å². The van der Waals surface area contributed by atoms with Crippen molar-refractivity contribution >= 4 is 0 Å². The fourth-order valence-corrected chi connectivity index (χ4v) is 2.78. The Bertz CT molecular complexity index is 569. The summed E-state index contributed by atoms with van der Waals surface area (Å²) in [7, 11) is 0. The molecule has 0 radical (unpaired) electrons. The molecule has 2 aromatic rings. The average molecular weight is 282 g/mol. The maximum absolute atomic E-state index is 5.83. The molecule has 0 atom stereocenters. The van der Waals surface area contributed by atoms with E-state index in [-0.39, 0.29) is 0 Å². The van der Waals surface area contributed by atoms with Gasteiger partial charge in [-0.1, -0.05) is 12.1 Å². The number of fused-ring (bicyclic) bond motifs is 1. The molecule has 0 fully saturated rings. The van der Waals surface area contributed by atoms with Crippen LogP contribution in [0.5, 0.6) is 5.75 Å². The van der Waals surface area contributed by atoms with Gasteiger partial charge >= 0.3 is 0 Å². The van der Waals surface area contributed by atoms with Crippen molar-refractivity contribution in [3.63, 3.8) is 0 Å². The van der Waals surface area contributed by atoms with Crippen LogP contribution >= 0.6 is 0 Å². The zero-order valence-electron chi connectivity index (χ0n) is 12.3. The summed E-state index contributed by atoms with van der Waals surface area (Å²) in [4.78, 5) is 4.10. The lowest BCUT2D eigenvalue weighted by Gasteiger charge is -2.16. The summed E-state index contributed by atoms with van der Waals surface area (Å²) in [6.07, 6.45) is 8.74. The molecule has 3 rings (SSSR count). The molecule has 3 heteroatoms. The smallest absolute Gasteiger partial charge is 0.119 e. The Hall–Kier alpha value is -1.87. The summed E-state index contributed by atoms with van der Waals surface area (Å²) in [6, 6.07) is 10.6. The van der Waals surface area contributed by atoms with E-state index in [9.17, 15) is 0 Å². The molecule has 1 N–H and O–H groups in total. The number of nitrogens with zero attached hydrogens (tertiary/aromatic N) is 1. The standard InChI is InChI=1S/C18H22N2O/c1-2-6-17-12-18(8-7-16(17)5-1)21-11-10-20-14-15-4-3-9-19-13-15/h3-4,7-9,12-13,20H,1-2,5-6,10-11,14H2. The lowest BCUT2D eigenvalue weighted by atomic mass is 9.92. The number of benzene rings is 1. The Morgan fingerprint density at radius 1 is 1.10 bits per heavy atom. The van der Waals surface area contributed by atoms with Gasteiger partial charge in [0.15, 0.2) is 0 Å². The van der Waals surface area contributed by atoms with Crippen LogP contribution in [0.15, 0.2) is 42.7 Å². The maximum Gasteiger partial charge on any atom is 0.119 e. The van der Waals surface area contributed by atoms with Crippen molar-refractivity contribution in [1.29, 1.82) is 0 Å². The number of aryl methyl sites for hydroxylation is 2. The third kappa shape index (κ3) is 4.05. The summed E-state index contributed by atoms with van der Waals surface area (Å²) >= 11 is 0. The second-order valence-corrected chi connectivity index (χ2v) is 5.52. The van der Waals surface area contributed by atoms with E-state index in [4.69, 9.17) is 4.74 Å². The predicted octanol–water partition coefficient (Wildman–Crippen LogP) is 3.13. The molecule has 0 bridgehead atoms. The molecule has 1 aromatic carbocycles. The average Bonchev–Trinajstić information content (AvgIpc) is 2.55. The zero-order valence-corrected chi connectivity index (χ0v) is 12.3. The van der Waals surface area contributed by atoms with Crippen LogP contribution in [0.3, 0.4) is 0 Å². The van der Waals surface area contributed by atoms with Crippen LogP contribution in [0, 0.1) is 0 Å². The van der Waals surface area contributed by atoms with Crippen LogP contribution in [0.2, 0.25) is 0 Å². The molecular formula is C18H22N2O. The van der Waals surface area contributed by atoms with Gasteiger partial charge in [0, 0.05) is 25.5 Å². The first-order chi connectivity index (χ1) is 10.4. The van der Waals surface area contributed by atoms with E-state index in [1.54, 1.807) is 6.20 Å². The second-order valence-electron chi connectivity index (χ2n) is 5.52. The van der Waals surface area contributed by atoms with Crippen molar-refractivity contribution in [1.82, 2.24) is 10.3 Å². The first kappa shape index (κ1) is 14.1. The van der Waals surface area contributed by atoms with Gasteiger partial charge in [-0.3, -0.25) is 4.98 Å². The van der Waals surface area contributed by atoms with E-state index < -0.39 is 0 Å². The molecule has 1 heterocycles. The van der Waals surface area contributed by atoms with Gasteiger partial charge in [-0.15, -0.1) is 0 Å². The molecule has 0 saturated heterocycles. The number of hydrogen-bond acceptors (Lipinski definition) is 3. The summed E-state index contributed by atoms with van der Waals surface area (Å²) in [5.41, 5.74) is 4.18. The maximum atomic E-state index is 5.83. The normalized spacial score (nSPS) is 13.7. The van der Waals surface area contributed by atoms with Crippen molar-refractivity contribution in [3.8, 4) is 5.75 Å². The summed E-state index contributed by atoms with van der Waals surface area (Å²) < 4.78 is 5.83. The number of pyridine rings is 1. The second kappa shape index (κ2) is 7.23. The molecule has 110 valence electrons. The minimum atomic E-state index is 0.694. The minimum absolute atomic E-state index is 0.694. The molecule has 0 amide bonds. The molecule has 1 aromatic heterocycles. The molecule has 21 heavy (non-hydrogen) atoms. The fourth-order valence-electron chi connectivity index (χ4n) is 2.78. The quantitative estimate of drug-likeness (QED) is 0.827. The number of rotatable bonds is 6. The van der Waals surface area contributed by atoms with E-state index in [0.29, 0.717) is 6.61 Å². The Morgan fingerprint density at radius 3 is 2.86 bits per heavy atom. The molecular weight excluding hydrogens is 260 g/mol. The fraction of sp³-hybridized carbons (Fsp3) is 0.389. The number of hydrogen-bond donors (Lipinski definition) is 1. The summed E-state index contributed by atoms with van der Waals surface area (Å²) in [5.74, 6) is 0.999. The number of ether oxygens (including phenoxy) is 1. The Labute approximate surface area is 126 Å². The van der Waals surface area contributed by atoms with Crippen molar-refractivity contribution in [2.75, 3.05) is 13.2 Å². The third-order valence-corrected chi connectivity index (χ3v) is 3.92. The van der Waals surface area contributed by atoms with Crippen molar-refractivity contribution in [2.45, 2.75) is 32.2 Å². The van der Waals surface area contributed by atoms with Crippen LogP contribution < -0.4 is 10.1 Å². The molecule has 0 aliphatic heterocycles. The SMILES string of the molecule is c1cncc(CNCCOc2ccc3c(c2)CCCC3)c1. The van der Waals surface area contributed by atoms with Gasteiger partial charge in [0.25, 0.3) is 0 Å². The minimum Gasteiger partial charge on any atom is -0.492 e. The Balaban J connectivity index is 1.41. The highest BCUT2D eigenvalue weighted by Gasteiger charge is 2.09. The lowest BCUT2D eigenvalue weighted by molar-refractivity contribution is 0.313. The summed E-state index contributed by atoms with van der Waals surface area (Å²) in [6.45, 7) is 2.37. The van der Waals surface area contributed by atoms with Crippen LogP contribution in [-0.2, 0) is 19.4 Å². The van der Waals surface area contributed by atoms with Crippen molar-refractivity contribution < 1.29 is 4.74 Å². The summed E-state index contributed by atoms with van der Waals surface area (Å²) in [5, 5.41) is 3.37.